The van der Waals surface area contributed by atoms with Crippen molar-refractivity contribution < 1.29 is 24.9 Å². The van der Waals surface area contributed by atoms with Crippen molar-refractivity contribution in [3.63, 3.8) is 0 Å². The van der Waals surface area contributed by atoms with E-state index in [1.54, 1.807) is 6.08 Å². The van der Waals surface area contributed by atoms with Gasteiger partial charge >= 0.3 is 0 Å². The van der Waals surface area contributed by atoms with Crippen LogP contribution in [0.1, 0.15) is 58.8 Å². The first kappa shape index (κ1) is 19.2. The number of hydrogen-bond donors (Lipinski definition) is 4. The van der Waals surface area contributed by atoms with Gasteiger partial charge in [0.15, 0.2) is 11.6 Å². The molecule has 3 saturated carbocycles. The van der Waals surface area contributed by atoms with Crippen LogP contribution in [0.25, 0.3) is 0 Å². The zero-order valence-electron chi connectivity index (χ0n) is 16.2. The first-order valence-corrected chi connectivity index (χ1v) is 10.1. The third kappa shape index (κ3) is 2.21. The van der Waals surface area contributed by atoms with Gasteiger partial charge in [0.2, 0.25) is 0 Å². The summed E-state index contributed by atoms with van der Waals surface area (Å²) >= 11 is 0. The van der Waals surface area contributed by atoms with Gasteiger partial charge in [-0.3, -0.25) is 9.59 Å². The van der Waals surface area contributed by atoms with Crippen LogP contribution in [0.15, 0.2) is 11.6 Å². The second-order valence-corrected chi connectivity index (χ2v) is 9.87. The van der Waals surface area contributed by atoms with Gasteiger partial charge in [-0.1, -0.05) is 19.4 Å². The molecule has 3 fully saturated rings. The molecule has 0 heterocycles. The Hall–Kier alpha value is -1.08. The quantitative estimate of drug-likeness (QED) is 0.566. The molecule has 27 heavy (non-hydrogen) atoms. The fourth-order valence-electron chi connectivity index (χ4n) is 7.52. The summed E-state index contributed by atoms with van der Waals surface area (Å²) in [6, 6.07) is 0. The summed E-state index contributed by atoms with van der Waals surface area (Å²) in [6.07, 6.45) is 4.62. The molecule has 5 N–H and O–H groups in total. The third-order valence-corrected chi connectivity index (χ3v) is 8.83. The molecule has 0 bridgehead atoms. The second kappa shape index (κ2) is 5.72. The molecule has 4 aliphatic carbocycles. The van der Waals surface area contributed by atoms with E-state index < -0.39 is 35.0 Å². The average molecular weight is 377 g/mol. The van der Waals surface area contributed by atoms with E-state index in [9.17, 15) is 24.9 Å². The van der Waals surface area contributed by atoms with Gasteiger partial charge in [-0.05, 0) is 55.9 Å². The summed E-state index contributed by atoms with van der Waals surface area (Å²) in [6.45, 7) is 3.26. The largest absolute Gasteiger partial charge is 0.393 e. The molecule has 6 nitrogen and oxygen atoms in total. The number of hydrogen-bond acceptors (Lipinski definition) is 6. The molecule has 0 aromatic carbocycles. The molecule has 0 unspecified atom stereocenters. The van der Waals surface area contributed by atoms with Crippen LogP contribution < -0.4 is 5.73 Å². The highest BCUT2D eigenvalue weighted by Gasteiger charge is 2.72. The maximum atomic E-state index is 12.4. The number of Topliss-reactive ketones (excluding diaryl/α,β-unsaturated/α-hetero) is 1. The molecule has 4 aliphatic rings. The lowest BCUT2D eigenvalue weighted by Gasteiger charge is -2.65. The predicted molar refractivity (Wildman–Crippen MR) is 98.6 cm³/mol. The number of carbonyl (C=O) groups is 2. The Morgan fingerprint density at radius 3 is 2.63 bits per heavy atom. The van der Waals surface area contributed by atoms with Gasteiger partial charge in [0.1, 0.15) is 12.2 Å². The van der Waals surface area contributed by atoms with Crippen LogP contribution in [0.3, 0.4) is 0 Å². The Morgan fingerprint density at radius 1 is 1.26 bits per heavy atom. The number of carbonyl (C=O) groups excluding carboxylic acids is 2. The number of aliphatic hydroxyl groups is 3. The topological polar surface area (TPSA) is 121 Å². The number of rotatable bonds is 2. The first-order valence-electron chi connectivity index (χ1n) is 10.1. The lowest BCUT2D eigenvalue weighted by atomic mass is 9.42. The van der Waals surface area contributed by atoms with Crippen molar-refractivity contribution in [3.8, 4) is 0 Å². The van der Waals surface area contributed by atoms with Gasteiger partial charge in [0, 0.05) is 23.3 Å². The number of ketones is 2. The van der Waals surface area contributed by atoms with Crippen LogP contribution in [0, 0.1) is 22.7 Å². The molecule has 6 heteroatoms. The lowest BCUT2D eigenvalue weighted by Crippen LogP contribution is -2.72. The van der Waals surface area contributed by atoms with E-state index in [0.717, 1.165) is 5.57 Å². The van der Waals surface area contributed by atoms with E-state index in [1.807, 2.05) is 6.92 Å². The summed E-state index contributed by atoms with van der Waals surface area (Å²) in [7, 11) is 0. The molecular weight excluding hydrogens is 346 g/mol. The molecule has 0 aliphatic heterocycles. The normalized spacial score (nSPS) is 51.9. The molecule has 0 spiro atoms. The Kier molecular flexibility index (Phi) is 4.08. The van der Waals surface area contributed by atoms with E-state index >= 15 is 0 Å². The Labute approximate surface area is 159 Å². The number of fused-ring (bicyclic) bond motifs is 5. The van der Waals surface area contributed by atoms with Gasteiger partial charge in [0.25, 0.3) is 0 Å². The fourth-order valence-corrected chi connectivity index (χ4v) is 7.52. The van der Waals surface area contributed by atoms with Crippen molar-refractivity contribution in [2.45, 2.75) is 76.0 Å². The summed E-state index contributed by atoms with van der Waals surface area (Å²) in [5.41, 5.74) is 4.60. The Bertz CT molecular complexity index is 734. The highest BCUT2D eigenvalue weighted by atomic mass is 16.3. The van der Waals surface area contributed by atoms with Gasteiger partial charge < -0.3 is 21.1 Å². The van der Waals surface area contributed by atoms with Gasteiger partial charge in [-0.25, -0.2) is 0 Å². The lowest BCUT2D eigenvalue weighted by molar-refractivity contribution is -0.187. The van der Waals surface area contributed by atoms with Crippen molar-refractivity contribution in [1.82, 2.24) is 0 Å². The molecular formula is C21H31NO5. The molecule has 0 amide bonds. The molecule has 0 aromatic heterocycles. The van der Waals surface area contributed by atoms with Crippen LogP contribution in [0.2, 0.25) is 0 Å². The smallest absolute Gasteiger partial charge is 0.190 e. The van der Waals surface area contributed by atoms with E-state index in [1.165, 1.54) is 0 Å². The summed E-state index contributed by atoms with van der Waals surface area (Å²) < 4.78 is 0. The zero-order chi connectivity index (χ0) is 19.8. The number of aliphatic hydroxyl groups excluding tert-OH is 2. The van der Waals surface area contributed by atoms with Crippen LogP contribution in [0.5, 0.6) is 0 Å². The monoisotopic (exact) mass is 377 g/mol. The number of nitrogens with two attached hydrogens (primary N) is 1. The molecule has 0 radical (unpaired) electrons. The van der Waals surface area contributed by atoms with Gasteiger partial charge in [-0.2, -0.15) is 0 Å². The highest BCUT2D eigenvalue weighted by molar-refractivity contribution is 5.92. The van der Waals surface area contributed by atoms with E-state index in [4.69, 9.17) is 5.73 Å². The van der Waals surface area contributed by atoms with Crippen LogP contribution in [0.4, 0.5) is 0 Å². The molecule has 0 aromatic rings. The minimum absolute atomic E-state index is 0.116. The summed E-state index contributed by atoms with van der Waals surface area (Å²) in [4.78, 5) is 24.4. The van der Waals surface area contributed by atoms with Crippen LogP contribution in [-0.2, 0) is 9.59 Å². The Morgan fingerprint density at radius 2 is 1.96 bits per heavy atom. The first-order chi connectivity index (χ1) is 12.5. The summed E-state index contributed by atoms with van der Waals surface area (Å²) in [5.74, 6) is -0.754. The van der Waals surface area contributed by atoms with Gasteiger partial charge in [-0.15, -0.1) is 0 Å². The predicted octanol–water partition coefficient (Wildman–Crippen LogP) is 0.863. The maximum Gasteiger partial charge on any atom is 0.190 e. The second-order valence-electron chi connectivity index (χ2n) is 9.87. The highest BCUT2D eigenvalue weighted by Crippen LogP contribution is 2.68. The van der Waals surface area contributed by atoms with Crippen molar-refractivity contribution in [2.75, 3.05) is 6.61 Å². The zero-order valence-corrected chi connectivity index (χ0v) is 16.2. The fraction of sp³-hybridized carbons (Fsp3) is 0.810. The minimum atomic E-state index is -1.65. The average Bonchev–Trinajstić information content (AvgIpc) is 2.87. The standard InChI is InChI=1S/C21H31NO5/c1-18-6-4-13(24)9-12(18)3-7-20(22)15-5-8-21(27,16(26)11-23)19(15,2)10-14(25)17(18)20/h9,14-15,17,23,25,27H,3-8,10-11,22H2,1-2H3/t14-,15+,17+,18-,19-,20+,21-/m0/s1. The van der Waals surface area contributed by atoms with Crippen LogP contribution >= 0.6 is 0 Å². The Balaban J connectivity index is 1.80. The van der Waals surface area contributed by atoms with Crippen LogP contribution in [-0.4, -0.2) is 50.7 Å². The van der Waals surface area contributed by atoms with Crippen molar-refractivity contribution in [3.05, 3.63) is 11.6 Å². The minimum Gasteiger partial charge on any atom is -0.393 e. The van der Waals surface area contributed by atoms with E-state index in [0.29, 0.717) is 32.1 Å². The molecule has 7 atom stereocenters. The van der Waals surface area contributed by atoms with E-state index in [2.05, 4.69) is 6.92 Å². The van der Waals surface area contributed by atoms with Crippen molar-refractivity contribution in [1.29, 1.82) is 0 Å². The molecule has 150 valence electrons. The molecule has 0 saturated heterocycles. The van der Waals surface area contributed by atoms with Gasteiger partial charge in [0.05, 0.1) is 6.10 Å². The maximum absolute atomic E-state index is 12.4. The summed E-state index contributed by atoms with van der Waals surface area (Å²) in [5, 5.41) is 31.9. The van der Waals surface area contributed by atoms with Crippen molar-refractivity contribution in [2.24, 2.45) is 28.4 Å². The van der Waals surface area contributed by atoms with E-state index in [-0.39, 0.29) is 35.9 Å². The molecule has 4 rings (SSSR count). The number of allylic oxidation sites excluding steroid dienone is 1. The third-order valence-electron chi connectivity index (χ3n) is 8.83. The van der Waals surface area contributed by atoms with Crippen molar-refractivity contribution >= 4 is 11.6 Å². The SMILES string of the molecule is C[C@]12CCC(=O)C=C1CC[C@]1(N)[C@@H]2[C@@H](O)C[C@@]2(C)[C@H]1CC[C@]2(O)C(=O)CO.